The molecule has 1 aromatic rings. The number of hydrogen-bond acceptors (Lipinski definition) is 2. The van der Waals surface area contributed by atoms with E-state index in [1.807, 2.05) is 12.1 Å². The summed E-state index contributed by atoms with van der Waals surface area (Å²) in [6.45, 7) is 4.40. The standard InChI is InChI=1S/C14H20O2/c1-3-5-13-7-9-14(10-8-13)16-11-4-6-12(2)15/h7-10H,3-6,11H2,1-2H3. The van der Waals surface area contributed by atoms with Crippen LogP contribution in [0.15, 0.2) is 24.3 Å². The van der Waals surface area contributed by atoms with E-state index < -0.39 is 0 Å². The second-order valence-corrected chi connectivity index (χ2v) is 4.05. The highest BCUT2D eigenvalue weighted by molar-refractivity contribution is 5.75. The number of ether oxygens (including phenoxy) is 1. The molecule has 0 atom stereocenters. The number of benzene rings is 1. The molecule has 0 aliphatic heterocycles. The topological polar surface area (TPSA) is 26.3 Å². The Balaban J connectivity index is 2.29. The molecule has 0 aliphatic carbocycles. The summed E-state index contributed by atoms with van der Waals surface area (Å²) in [5.41, 5.74) is 1.35. The number of aryl methyl sites for hydroxylation is 1. The summed E-state index contributed by atoms with van der Waals surface area (Å²) in [6, 6.07) is 8.20. The molecule has 0 bridgehead atoms. The molecule has 1 rings (SSSR count). The van der Waals surface area contributed by atoms with Gasteiger partial charge in [0.2, 0.25) is 0 Å². The molecule has 0 aliphatic rings. The van der Waals surface area contributed by atoms with Crippen molar-refractivity contribution in [2.75, 3.05) is 6.61 Å². The molecule has 0 aromatic heterocycles. The molecule has 1 aromatic carbocycles. The number of carbonyl (C=O) groups is 1. The number of Topliss-reactive ketones (excluding diaryl/α,β-unsaturated/α-hetero) is 1. The van der Waals surface area contributed by atoms with Gasteiger partial charge in [0.25, 0.3) is 0 Å². The summed E-state index contributed by atoms with van der Waals surface area (Å²) in [4.78, 5) is 10.7. The van der Waals surface area contributed by atoms with Crippen LogP contribution < -0.4 is 4.74 Å². The van der Waals surface area contributed by atoms with Crippen LogP contribution in [0, 0.1) is 0 Å². The van der Waals surface area contributed by atoms with Gasteiger partial charge in [-0.25, -0.2) is 0 Å². The van der Waals surface area contributed by atoms with Gasteiger partial charge in [0, 0.05) is 6.42 Å². The predicted molar refractivity (Wildman–Crippen MR) is 65.8 cm³/mol. The van der Waals surface area contributed by atoms with Crippen molar-refractivity contribution in [3.63, 3.8) is 0 Å². The van der Waals surface area contributed by atoms with Crippen LogP contribution in [0.3, 0.4) is 0 Å². The second kappa shape index (κ2) is 7.04. The van der Waals surface area contributed by atoms with Gasteiger partial charge in [-0.05, 0) is 37.5 Å². The van der Waals surface area contributed by atoms with Crippen molar-refractivity contribution < 1.29 is 9.53 Å². The third kappa shape index (κ3) is 4.96. The molecule has 16 heavy (non-hydrogen) atoms. The normalized spacial score (nSPS) is 10.1. The van der Waals surface area contributed by atoms with Crippen LogP contribution in [0.1, 0.15) is 38.7 Å². The van der Waals surface area contributed by atoms with E-state index in [4.69, 9.17) is 4.74 Å². The fraction of sp³-hybridized carbons (Fsp3) is 0.500. The zero-order chi connectivity index (χ0) is 11.8. The molecule has 2 heteroatoms. The van der Waals surface area contributed by atoms with E-state index in [1.54, 1.807) is 6.92 Å². The van der Waals surface area contributed by atoms with Gasteiger partial charge in [-0.3, -0.25) is 0 Å². The lowest BCUT2D eigenvalue weighted by molar-refractivity contribution is -0.117. The summed E-state index contributed by atoms with van der Waals surface area (Å²) in [5, 5.41) is 0. The van der Waals surface area contributed by atoms with Gasteiger partial charge in [-0.2, -0.15) is 0 Å². The molecule has 0 spiro atoms. The van der Waals surface area contributed by atoms with Gasteiger partial charge >= 0.3 is 0 Å². The zero-order valence-electron chi connectivity index (χ0n) is 10.2. The van der Waals surface area contributed by atoms with E-state index in [1.165, 1.54) is 12.0 Å². The summed E-state index contributed by atoms with van der Waals surface area (Å²) >= 11 is 0. The average Bonchev–Trinajstić information content (AvgIpc) is 2.27. The minimum absolute atomic E-state index is 0.224. The van der Waals surface area contributed by atoms with Crippen LogP contribution in [0.25, 0.3) is 0 Å². The summed E-state index contributed by atoms with van der Waals surface area (Å²) in [5.74, 6) is 1.12. The van der Waals surface area contributed by atoms with Crippen molar-refractivity contribution in [1.29, 1.82) is 0 Å². The first-order chi connectivity index (χ1) is 7.72. The molecule has 0 amide bonds. The molecule has 0 unspecified atom stereocenters. The SMILES string of the molecule is CCCc1ccc(OCCCC(C)=O)cc1. The summed E-state index contributed by atoms with van der Waals surface area (Å²) in [7, 11) is 0. The third-order valence-electron chi connectivity index (χ3n) is 2.40. The zero-order valence-corrected chi connectivity index (χ0v) is 10.2. The van der Waals surface area contributed by atoms with Crippen LogP contribution in [0.5, 0.6) is 5.75 Å². The number of carbonyl (C=O) groups excluding carboxylic acids is 1. The van der Waals surface area contributed by atoms with E-state index in [0.717, 1.165) is 18.6 Å². The van der Waals surface area contributed by atoms with Gasteiger partial charge in [0.15, 0.2) is 0 Å². The highest BCUT2D eigenvalue weighted by atomic mass is 16.5. The minimum Gasteiger partial charge on any atom is -0.494 e. The molecular formula is C14H20O2. The Morgan fingerprint density at radius 3 is 2.50 bits per heavy atom. The maximum Gasteiger partial charge on any atom is 0.129 e. The molecule has 0 radical (unpaired) electrons. The van der Waals surface area contributed by atoms with Crippen LogP contribution >= 0.6 is 0 Å². The van der Waals surface area contributed by atoms with E-state index in [-0.39, 0.29) is 5.78 Å². The second-order valence-electron chi connectivity index (χ2n) is 4.05. The molecule has 0 heterocycles. The molecule has 88 valence electrons. The third-order valence-corrected chi connectivity index (χ3v) is 2.40. The van der Waals surface area contributed by atoms with E-state index in [0.29, 0.717) is 13.0 Å². The van der Waals surface area contributed by atoms with Crippen molar-refractivity contribution >= 4 is 5.78 Å². The Labute approximate surface area is 97.6 Å². The molecule has 2 nitrogen and oxygen atoms in total. The van der Waals surface area contributed by atoms with Crippen molar-refractivity contribution in [2.45, 2.75) is 39.5 Å². The van der Waals surface area contributed by atoms with Gasteiger partial charge in [0.1, 0.15) is 11.5 Å². The molecule has 0 saturated heterocycles. The molecule has 0 N–H and O–H groups in total. The Morgan fingerprint density at radius 2 is 1.94 bits per heavy atom. The lowest BCUT2D eigenvalue weighted by Crippen LogP contribution is -2.00. The highest BCUT2D eigenvalue weighted by Gasteiger charge is 1.96. The van der Waals surface area contributed by atoms with Gasteiger partial charge in [0.05, 0.1) is 6.61 Å². The van der Waals surface area contributed by atoms with Crippen molar-refractivity contribution in [3.05, 3.63) is 29.8 Å². The molecule has 0 fully saturated rings. The monoisotopic (exact) mass is 220 g/mol. The van der Waals surface area contributed by atoms with Crippen LogP contribution in [0.4, 0.5) is 0 Å². The number of ketones is 1. The smallest absolute Gasteiger partial charge is 0.129 e. The molecular weight excluding hydrogens is 200 g/mol. The van der Waals surface area contributed by atoms with Crippen LogP contribution in [-0.4, -0.2) is 12.4 Å². The van der Waals surface area contributed by atoms with Gasteiger partial charge in [-0.15, -0.1) is 0 Å². The number of rotatable bonds is 7. The van der Waals surface area contributed by atoms with Crippen LogP contribution in [-0.2, 0) is 11.2 Å². The van der Waals surface area contributed by atoms with E-state index in [2.05, 4.69) is 19.1 Å². The largest absolute Gasteiger partial charge is 0.494 e. The lowest BCUT2D eigenvalue weighted by Gasteiger charge is -2.06. The summed E-state index contributed by atoms with van der Waals surface area (Å²) in [6.07, 6.45) is 3.68. The quantitative estimate of drug-likeness (QED) is 0.658. The number of hydrogen-bond donors (Lipinski definition) is 0. The van der Waals surface area contributed by atoms with Crippen molar-refractivity contribution in [3.8, 4) is 5.75 Å². The minimum atomic E-state index is 0.224. The highest BCUT2D eigenvalue weighted by Crippen LogP contribution is 2.13. The summed E-state index contributed by atoms with van der Waals surface area (Å²) < 4.78 is 5.54. The Bertz CT molecular complexity index is 314. The Kier molecular flexibility index (Phi) is 5.62. The Hall–Kier alpha value is -1.31. The molecule has 0 saturated carbocycles. The van der Waals surface area contributed by atoms with Gasteiger partial charge in [-0.1, -0.05) is 25.5 Å². The van der Waals surface area contributed by atoms with Crippen molar-refractivity contribution in [1.82, 2.24) is 0 Å². The fourth-order valence-corrected chi connectivity index (χ4v) is 1.55. The Morgan fingerprint density at radius 1 is 1.25 bits per heavy atom. The van der Waals surface area contributed by atoms with Gasteiger partial charge < -0.3 is 9.53 Å². The first-order valence-corrected chi connectivity index (χ1v) is 5.93. The van der Waals surface area contributed by atoms with Crippen LogP contribution in [0.2, 0.25) is 0 Å². The lowest BCUT2D eigenvalue weighted by atomic mass is 10.1. The first-order valence-electron chi connectivity index (χ1n) is 5.93. The van der Waals surface area contributed by atoms with Crippen molar-refractivity contribution in [2.24, 2.45) is 0 Å². The van der Waals surface area contributed by atoms with E-state index in [9.17, 15) is 4.79 Å². The van der Waals surface area contributed by atoms with E-state index >= 15 is 0 Å². The fourth-order valence-electron chi connectivity index (χ4n) is 1.55. The predicted octanol–water partition coefficient (Wildman–Crippen LogP) is 3.39. The first kappa shape index (κ1) is 12.8. The maximum atomic E-state index is 10.7. The maximum absolute atomic E-state index is 10.7. The average molecular weight is 220 g/mol.